The van der Waals surface area contributed by atoms with Gasteiger partial charge in [0.2, 0.25) is 0 Å². The quantitative estimate of drug-likeness (QED) is 0.840. The molecule has 6 heteroatoms. The summed E-state index contributed by atoms with van der Waals surface area (Å²) < 4.78 is 18.3. The van der Waals surface area contributed by atoms with Crippen LogP contribution in [0.4, 0.5) is 4.39 Å². The number of nitrogens with one attached hydrogen (secondary N) is 1. The first-order valence-corrected chi connectivity index (χ1v) is 6.09. The van der Waals surface area contributed by atoms with Gasteiger partial charge >= 0.3 is 0 Å². The first kappa shape index (κ1) is 13.2. The van der Waals surface area contributed by atoms with Crippen LogP contribution in [0, 0.1) is 5.82 Å². The van der Waals surface area contributed by atoms with E-state index in [9.17, 15) is 9.18 Å². The van der Waals surface area contributed by atoms with Gasteiger partial charge in [-0.2, -0.15) is 0 Å². The van der Waals surface area contributed by atoms with E-state index in [0.29, 0.717) is 13.2 Å². The van der Waals surface area contributed by atoms with Crippen molar-refractivity contribution in [1.29, 1.82) is 0 Å². The van der Waals surface area contributed by atoms with Crippen molar-refractivity contribution in [1.82, 2.24) is 10.3 Å². The van der Waals surface area contributed by atoms with E-state index in [1.807, 2.05) is 6.92 Å². The zero-order valence-electron chi connectivity index (χ0n) is 10.0. The highest BCUT2D eigenvalue weighted by molar-refractivity contribution is 6.32. The van der Waals surface area contributed by atoms with Crippen LogP contribution in [0.5, 0.6) is 0 Å². The Kier molecular flexibility index (Phi) is 3.82. The van der Waals surface area contributed by atoms with Crippen LogP contribution in [0.2, 0.25) is 5.15 Å². The standard InChI is InChI=1S/C12H14ClFN2O2/c1-12(2-4-18-5-3-12)16-11(17)9-6-8(14)7-15-10(9)13/h6-7H,2-5H2,1H3,(H,16,17). The molecule has 1 aromatic heterocycles. The normalized spacial score (nSPS) is 18.4. The van der Waals surface area contributed by atoms with E-state index in [-0.39, 0.29) is 16.3 Å². The van der Waals surface area contributed by atoms with Crippen molar-refractivity contribution < 1.29 is 13.9 Å². The summed E-state index contributed by atoms with van der Waals surface area (Å²) in [4.78, 5) is 15.7. The van der Waals surface area contributed by atoms with Crippen molar-refractivity contribution >= 4 is 17.5 Å². The van der Waals surface area contributed by atoms with Crippen LogP contribution in [-0.4, -0.2) is 29.6 Å². The van der Waals surface area contributed by atoms with Crippen molar-refractivity contribution in [2.45, 2.75) is 25.3 Å². The molecule has 98 valence electrons. The molecule has 1 aliphatic rings. The molecule has 0 aliphatic carbocycles. The molecule has 0 spiro atoms. The number of hydrogen-bond donors (Lipinski definition) is 1. The van der Waals surface area contributed by atoms with Gasteiger partial charge in [0.15, 0.2) is 0 Å². The molecule has 0 unspecified atom stereocenters. The average molecular weight is 273 g/mol. The van der Waals surface area contributed by atoms with Crippen LogP contribution in [0.25, 0.3) is 0 Å². The van der Waals surface area contributed by atoms with Gasteiger partial charge in [-0.1, -0.05) is 11.6 Å². The predicted octanol–water partition coefficient (Wildman–Crippen LogP) is 2.17. The van der Waals surface area contributed by atoms with Crippen molar-refractivity contribution in [2.75, 3.05) is 13.2 Å². The Labute approximate surface area is 109 Å². The molecule has 1 saturated heterocycles. The van der Waals surface area contributed by atoms with Crippen LogP contribution in [0.15, 0.2) is 12.3 Å². The Hall–Kier alpha value is -1.20. The Morgan fingerprint density at radius 3 is 2.89 bits per heavy atom. The van der Waals surface area contributed by atoms with Crippen LogP contribution < -0.4 is 5.32 Å². The van der Waals surface area contributed by atoms with Gasteiger partial charge < -0.3 is 10.1 Å². The second-order valence-electron chi connectivity index (χ2n) is 4.62. The highest BCUT2D eigenvalue weighted by Gasteiger charge is 2.30. The average Bonchev–Trinajstić information content (AvgIpc) is 2.32. The number of rotatable bonds is 2. The molecule has 2 rings (SSSR count). The number of aromatic nitrogens is 1. The number of carbonyl (C=O) groups excluding carboxylic acids is 1. The second-order valence-corrected chi connectivity index (χ2v) is 4.98. The number of carbonyl (C=O) groups is 1. The fourth-order valence-corrected chi connectivity index (χ4v) is 2.06. The second kappa shape index (κ2) is 5.20. The molecule has 18 heavy (non-hydrogen) atoms. The minimum Gasteiger partial charge on any atom is -0.381 e. The van der Waals surface area contributed by atoms with Crippen LogP contribution >= 0.6 is 11.6 Å². The number of pyridine rings is 1. The molecular formula is C12H14ClFN2O2. The molecule has 0 aromatic carbocycles. The molecule has 0 saturated carbocycles. The molecular weight excluding hydrogens is 259 g/mol. The maximum absolute atomic E-state index is 13.1. The third kappa shape index (κ3) is 2.97. The molecule has 1 N–H and O–H groups in total. The number of ether oxygens (including phenoxy) is 1. The van der Waals surface area contributed by atoms with Crippen LogP contribution in [0.1, 0.15) is 30.1 Å². The molecule has 1 aliphatic heterocycles. The number of hydrogen-bond acceptors (Lipinski definition) is 3. The van der Waals surface area contributed by atoms with Gasteiger partial charge in [0, 0.05) is 18.8 Å². The lowest BCUT2D eigenvalue weighted by Crippen LogP contribution is -2.49. The van der Waals surface area contributed by atoms with Gasteiger partial charge in [0.1, 0.15) is 11.0 Å². The summed E-state index contributed by atoms with van der Waals surface area (Å²) in [7, 11) is 0. The van der Waals surface area contributed by atoms with Gasteiger partial charge in [-0.05, 0) is 25.8 Å². The van der Waals surface area contributed by atoms with Gasteiger partial charge in [0.05, 0.1) is 11.8 Å². The minimum atomic E-state index is -0.582. The summed E-state index contributed by atoms with van der Waals surface area (Å²) in [5.41, 5.74) is -0.283. The SMILES string of the molecule is CC1(NC(=O)c2cc(F)cnc2Cl)CCOCC1. The topological polar surface area (TPSA) is 51.2 Å². The van der Waals surface area contributed by atoms with E-state index in [0.717, 1.165) is 25.1 Å². The Balaban J connectivity index is 2.14. The van der Waals surface area contributed by atoms with Gasteiger partial charge in [-0.25, -0.2) is 9.37 Å². The third-order valence-corrected chi connectivity index (χ3v) is 3.36. The van der Waals surface area contributed by atoms with Crippen molar-refractivity contribution in [3.05, 3.63) is 28.8 Å². The molecule has 0 bridgehead atoms. The molecule has 0 radical (unpaired) electrons. The largest absolute Gasteiger partial charge is 0.381 e. The summed E-state index contributed by atoms with van der Waals surface area (Å²) in [6.45, 7) is 3.14. The first-order valence-electron chi connectivity index (χ1n) is 5.71. The van der Waals surface area contributed by atoms with E-state index >= 15 is 0 Å². The molecule has 2 heterocycles. The highest BCUT2D eigenvalue weighted by Crippen LogP contribution is 2.21. The van der Waals surface area contributed by atoms with E-state index in [4.69, 9.17) is 16.3 Å². The summed E-state index contributed by atoms with van der Waals surface area (Å²) in [6.07, 6.45) is 2.42. The Morgan fingerprint density at radius 1 is 1.56 bits per heavy atom. The van der Waals surface area contributed by atoms with Crippen molar-refractivity contribution in [2.24, 2.45) is 0 Å². The van der Waals surface area contributed by atoms with Crippen molar-refractivity contribution in [3.8, 4) is 0 Å². The summed E-state index contributed by atoms with van der Waals surface area (Å²) in [5, 5.41) is 2.87. The molecule has 1 amide bonds. The van der Waals surface area contributed by atoms with E-state index < -0.39 is 11.7 Å². The predicted molar refractivity (Wildman–Crippen MR) is 65.1 cm³/mol. The highest BCUT2D eigenvalue weighted by atomic mass is 35.5. The maximum atomic E-state index is 13.1. The fraction of sp³-hybridized carbons (Fsp3) is 0.500. The van der Waals surface area contributed by atoms with Crippen molar-refractivity contribution in [3.63, 3.8) is 0 Å². The van der Waals surface area contributed by atoms with Crippen LogP contribution in [0.3, 0.4) is 0 Å². The van der Waals surface area contributed by atoms with Crippen LogP contribution in [-0.2, 0) is 4.74 Å². The van der Waals surface area contributed by atoms with E-state index in [1.54, 1.807) is 0 Å². The first-order chi connectivity index (χ1) is 8.50. The number of halogens is 2. The monoisotopic (exact) mass is 272 g/mol. The number of amides is 1. The molecule has 0 atom stereocenters. The lowest BCUT2D eigenvalue weighted by atomic mass is 9.92. The molecule has 1 aromatic rings. The zero-order valence-corrected chi connectivity index (χ0v) is 10.8. The van der Waals surface area contributed by atoms with Gasteiger partial charge in [-0.15, -0.1) is 0 Å². The number of nitrogens with zero attached hydrogens (tertiary/aromatic N) is 1. The Morgan fingerprint density at radius 2 is 2.22 bits per heavy atom. The van der Waals surface area contributed by atoms with E-state index in [1.165, 1.54) is 0 Å². The molecule has 1 fully saturated rings. The summed E-state index contributed by atoms with van der Waals surface area (Å²) in [6, 6.07) is 1.09. The smallest absolute Gasteiger partial charge is 0.254 e. The third-order valence-electron chi connectivity index (χ3n) is 3.06. The van der Waals surface area contributed by atoms with Gasteiger partial charge in [-0.3, -0.25) is 4.79 Å². The molecule has 4 nitrogen and oxygen atoms in total. The minimum absolute atomic E-state index is 0.00422. The Bertz CT molecular complexity index is 461. The summed E-state index contributed by atoms with van der Waals surface area (Å²) >= 11 is 5.79. The maximum Gasteiger partial charge on any atom is 0.254 e. The lowest BCUT2D eigenvalue weighted by Gasteiger charge is -2.34. The van der Waals surface area contributed by atoms with E-state index in [2.05, 4.69) is 10.3 Å². The summed E-state index contributed by atoms with van der Waals surface area (Å²) in [5.74, 6) is -0.988. The fourth-order valence-electron chi connectivity index (χ4n) is 1.87. The van der Waals surface area contributed by atoms with Gasteiger partial charge in [0.25, 0.3) is 5.91 Å². The zero-order chi connectivity index (χ0) is 13.2. The lowest BCUT2D eigenvalue weighted by molar-refractivity contribution is 0.0422.